The van der Waals surface area contributed by atoms with Gasteiger partial charge in [0, 0.05) is 5.41 Å². The molecule has 0 spiro atoms. The lowest BCUT2D eigenvalue weighted by Crippen LogP contribution is -2.21. The highest BCUT2D eigenvalue weighted by Crippen LogP contribution is 2.12. The summed E-state index contributed by atoms with van der Waals surface area (Å²) in [5.41, 5.74) is 5.30. The lowest BCUT2D eigenvalue weighted by Gasteiger charge is -2.05. The first-order chi connectivity index (χ1) is 6.55. The Hall–Kier alpha value is -1.57. The van der Waals surface area contributed by atoms with Crippen LogP contribution in [0.3, 0.4) is 0 Å². The number of anilines is 2. The molecule has 0 saturated carbocycles. The molecular weight excluding hydrogens is 206 g/mol. The fourth-order valence-corrected chi connectivity index (χ4v) is 2.41. The van der Waals surface area contributed by atoms with Crippen LogP contribution in [0.2, 0.25) is 0 Å². The van der Waals surface area contributed by atoms with Crippen LogP contribution in [-0.2, 0) is 9.84 Å². The summed E-state index contributed by atoms with van der Waals surface area (Å²) < 4.78 is 22.1. The van der Waals surface area contributed by atoms with Gasteiger partial charge in [0.1, 0.15) is 0 Å². The molecule has 0 aromatic carbocycles. The molecule has 14 heavy (non-hydrogen) atoms. The van der Waals surface area contributed by atoms with Crippen LogP contribution in [-0.4, -0.2) is 35.4 Å². The molecule has 0 amide bonds. The smallest absolute Gasteiger partial charge is 0.244 e. The Morgan fingerprint density at radius 3 is 2.93 bits per heavy atom. The Kier molecular flexibility index (Phi) is 1.92. The van der Waals surface area contributed by atoms with Gasteiger partial charge in [-0.05, 0) is 6.08 Å². The van der Waals surface area contributed by atoms with E-state index in [0.29, 0.717) is 5.95 Å². The van der Waals surface area contributed by atoms with Gasteiger partial charge >= 0.3 is 0 Å². The van der Waals surface area contributed by atoms with Gasteiger partial charge in [-0.2, -0.15) is 4.98 Å². The number of rotatable bonds is 2. The summed E-state index contributed by atoms with van der Waals surface area (Å²) in [6, 6.07) is -0.282. The Morgan fingerprint density at radius 1 is 1.64 bits per heavy atom. The molecule has 0 saturated heterocycles. The van der Waals surface area contributed by atoms with E-state index in [1.54, 1.807) is 6.08 Å². The minimum Gasteiger partial charge on any atom is -0.368 e. The summed E-state index contributed by atoms with van der Waals surface area (Å²) in [6.45, 7) is 0. The highest BCUT2D eigenvalue weighted by atomic mass is 32.2. The predicted octanol–water partition coefficient (Wildman–Crippen LogP) is -0.891. The number of nitrogen functional groups attached to an aromatic ring is 1. The van der Waals surface area contributed by atoms with Gasteiger partial charge in [0.25, 0.3) is 0 Å². The van der Waals surface area contributed by atoms with Crippen molar-refractivity contribution in [3.8, 4) is 0 Å². The fourth-order valence-electron chi connectivity index (χ4n) is 1.17. The maximum atomic E-state index is 11.0. The Balaban J connectivity index is 2.05. The molecule has 0 aliphatic carbocycles. The van der Waals surface area contributed by atoms with Gasteiger partial charge in [-0.15, -0.1) is 5.10 Å². The molecule has 1 aliphatic heterocycles. The highest BCUT2D eigenvalue weighted by Gasteiger charge is 2.22. The maximum Gasteiger partial charge on any atom is 0.244 e. The summed E-state index contributed by atoms with van der Waals surface area (Å²) in [5, 5.41) is 10.2. The SMILES string of the molecule is Nc1nc(NC2C=CS(=O)(=O)C2)n[nH]1. The van der Waals surface area contributed by atoms with Crippen LogP contribution in [0.4, 0.5) is 11.9 Å². The molecule has 1 aliphatic rings. The van der Waals surface area contributed by atoms with E-state index < -0.39 is 9.84 Å². The van der Waals surface area contributed by atoms with Gasteiger partial charge in [0.05, 0.1) is 11.8 Å². The van der Waals surface area contributed by atoms with Gasteiger partial charge in [0.15, 0.2) is 9.84 Å². The van der Waals surface area contributed by atoms with Crippen molar-refractivity contribution in [3.05, 3.63) is 11.5 Å². The number of H-pyrrole nitrogens is 1. The summed E-state index contributed by atoms with van der Waals surface area (Å²) in [6.07, 6.45) is 1.56. The van der Waals surface area contributed by atoms with E-state index in [1.165, 1.54) is 5.41 Å². The van der Waals surface area contributed by atoms with Crippen LogP contribution < -0.4 is 11.1 Å². The van der Waals surface area contributed by atoms with E-state index >= 15 is 0 Å². The summed E-state index contributed by atoms with van der Waals surface area (Å²) in [7, 11) is -3.05. The van der Waals surface area contributed by atoms with Gasteiger partial charge < -0.3 is 11.1 Å². The zero-order valence-electron chi connectivity index (χ0n) is 7.14. The number of aromatic nitrogens is 3. The van der Waals surface area contributed by atoms with Crippen molar-refractivity contribution in [2.75, 3.05) is 16.8 Å². The van der Waals surface area contributed by atoms with Crippen molar-refractivity contribution < 1.29 is 8.42 Å². The monoisotopic (exact) mass is 215 g/mol. The largest absolute Gasteiger partial charge is 0.368 e. The minimum atomic E-state index is -3.05. The van der Waals surface area contributed by atoms with Crippen LogP contribution in [0, 0.1) is 0 Å². The molecule has 0 radical (unpaired) electrons. The molecule has 1 unspecified atom stereocenters. The predicted molar refractivity (Wildman–Crippen MR) is 51.1 cm³/mol. The van der Waals surface area contributed by atoms with Crippen molar-refractivity contribution in [1.29, 1.82) is 0 Å². The number of sulfone groups is 1. The van der Waals surface area contributed by atoms with E-state index in [0.717, 1.165) is 0 Å². The van der Waals surface area contributed by atoms with E-state index in [-0.39, 0.29) is 17.7 Å². The van der Waals surface area contributed by atoms with E-state index in [2.05, 4.69) is 20.5 Å². The van der Waals surface area contributed by atoms with Crippen molar-refractivity contribution in [2.24, 2.45) is 0 Å². The first kappa shape index (κ1) is 9.00. The number of nitrogens with one attached hydrogen (secondary N) is 2. The van der Waals surface area contributed by atoms with Crippen molar-refractivity contribution in [2.45, 2.75) is 6.04 Å². The number of hydrogen-bond donors (Lipinski definition) is 3. The zero-order chi connectivity index (χ0) is 10.2. The van der Waals surface area contributed by atoms with Crippen LogP contribution >= 0.6 is 0 Å². The number of hydrogen-bond acceptors (Lipinski definition) is 6. The molecular formula is C6H9N5O2S. The van der Waals surface area contributed by atoms with Crippen LogP contribution in [0.5, 0.6) is 0 Å². The van der Waals surface area contributed by atoms with E-state index in [1.807, 2.05) is 0 Å². The molecule has 2 heterocycles. The third-order valence-corrected chi connectivity index (χ3v) is 3.14. The first-order valence-corrected chi connectivity index (χ1v) is 5.62. The standard InChI is InChI=1S/C6H9N5O2S/c7-5-9-6(11-10-5)8-4-1-2-14(12,13)3-4/h1-2,4H,3H2,(H4,7,8,9,10,11). The fraction of sp³-hybridized carbons (Fsp3) is 0.333. The quantitative estimate of drug-likeness (QED) is 0.589. The Labute approximate surface area is 80.3 Å². The summed E-state index contributed by atoms with van der Waals surface area (Å²) in [4.78, 5) is 3.79. The van der Waals surface area contributed by atoms with Crippen molar-refractivity contribution in [1.82, 2.24) is 15.2 Å². The minimum absolute atomic E-state index is 0.0292. The van der Waals surface area contributed by atoms with Crippen LogP contribution in [0.1, 0.15) is 0 Å². The van der Waals surface area contributed by atoms with E-state index in [4.69, 9.17) is 5.73 Å². The average molecular weight is 215 g/mol. The average Bonchev–Trinajstić information content (AvgIpc) is 2.59. The van der Waals surface area contributed by atoms with Crippen molar-refractivity contribution >= 4 is 21.7 Å². The second kappa shape index (κ2) is 2.98. The zero-order valence-corrected chi connectivity index (χ0v) is 7.95. The van der Waals surface area contributed by atoms with Crippen molar-refractivity contribution in [3.63, 3.8) is 0 Å². The normalized spacial score (nSPS) is 23.9. The van der Waals surface area contributed by atoms with Gasteiger partial charge in [0.2, 0.25) is 11.9 Å². The molecule has 0 fully saturated rings. The van der Waals surface area contributed by atoms with Gasteiger partial charge in [-0.1, -0.05) is 0 Å². The molecule has 8 heteroatoms. The Morgan fingerprint density at radius 2 is 2.43 bits per heavy atom. The highest BCUT2D eigenvalue weighted by molar-refractivity contribution is 7.94. The third kappa shape index (κ3) is 1.84. The number of nitrogens with zero attached hydrogens (tertiary/aromatic N) is 2. The molecule has 76 valence electrons. The number of nitrogens with two attached hydrogens (primary N) is 1. The van der Waals surface area contributed by atoms with Gasteiger partial charge in [-0.3, -0.25) is 0 Å². The van der Waals surface area contributed by atoms with Gasteiger partial charge in [-0.25, -0.2) is 13.5 Å². The first-order valence-electron chi connectivity index (χ1n) is 3.90. The molecule has 1 aromatic heterocycles. The molecule has 1 aromatic rings. The molecule has 1 atom stereocenters. The lowest BCUT2D eigenvalue weighted by molar-refractivity contribution is 0.605. The number of aromatic amines is 1. The Bertz CT molecular complexity index is 462. The summed E-state index contributed by atoms with van der Waals surface area (Å²) >= 11 is 0. The van der Waals surface area contributed by atoms with E-state index in [9.17, 15) is 8.42 Å². The molecule has 7 nitrogen and oxygen atoms in total. The maximum absolute atomic E-state index is 11.0. The summed E-state index contributed by atoms with van der Waals surface area (Å²) in [5.74, 6) is 0.521. The molecule has 2 rings (SSSR count). The van der Waals surface area contributed by atoms with Crippen LogP contribution in [0.25, 0.3) is 0 Å². The molecule has 0 bridgehead atoms. The van der Waals surface area contributed by atoms with Crippen LogP contribution in [0.15, 0.2) is 11.5 Å². The lowest BCUT2D eigenvalue weighted by atomic mass is 10.3. The second-order valence-electron chi connectivity index (χ2n) is 2.95. The third-order valence-electron chi connectivity index (χ3n) is 1.75. The molecule has 4 N–H and O–H groups in total. The second-order valence-corrected chi connectivity index (χ2v) is 4.88. The topological polar surface area (TPSA) is 114 Å².